The molecule has 1 N–H and O–H groups in total. The largest absolute Gasteiger partial charge is 0.479 e. The summed E-state index contributed by atoms with van der Waals surface area (Å²) in [5.41, 5.74) is 0.199. The van der Waals surface area contributed by atoms with Gasteiger partial charge in [-0.25, -0.2) is 18.3 Å². The number of nitrogens with zero attached hydrogens (tertiary/aromatic N) is 3. The van der Waals surface area contributed by atoms with Crippen molar-refractivity contribution in [3.05, 3.63) is 35.5 Å². The van der Waals surface area contributed by atoms with Crippen molar-refractivity contribution in [2.75, 3.05) is 13.7 Å². The van der Waals surface area contributed by atoms with E-state index in [2.05, 4.69) is 10.3 Å². The minimum atomic E-state index is -1.31. The summed E-state index contributed by atoms with van der Waals surface area (Å²) < 4.78 is 52.7. The van der Waals surface area contributed by atoms with Crippen LogP contribution in [0.2, 0.25) is 0 Å². The van der Waals surface area contributed by atoms with Crippen molar-refractivity contribution in [3.63, 3.8) is 0 Å². The highest BCUT2D eigenvalue weighted by Crippen LogP contribution is 2.39. The van der Waals surface area contributed by atoms with Crippen LogP contribution in [0.1, 0.15) is 25.5 Å². The molecule has 0 bridgehead atoms. The molecule has 31 heavy (non-hydrogen) atoms. The summed E-state index contributed by atoms with van der Waals surface area (Å²) in [6, 6.07) is 2.09. The van der Waals surface area contributed by atoms with E-state index in [-0.39, 0.29) is 23.4 Å². The number of carbonyl (C=O) groups is 1. The Kier molecular flexibility index (Phi) is 5.54. The fourth-order valence-electron chi connectivity index (χ4n) is 4.01. The van der Waals surface area contributed by atoms with Gasteiger partial charge in [0.2, 0.25) is 0 Å². The number of carboxylic acids is 1. The molecule has 2 aromatic rings. The molecule has 5 atom stereocenters. The normalized spacial score (nSPS) is 30.1. The lowest BCUT2D eigenvalue weighted by molar-refractivity contribution is -0.347. The zero-order valence-corrected chi connectivity index (χ0v) is 17.4. The van der Waals surface area contributed by atoms with Crippen molar-refractivity contribution >= 4 is 5.97 Å². The van der Waals surface area contributed by atoms with E-state index >= 15 is 0 Å². The smallest absolute Gasteiger partial charge is 0.335 e. The molecule has 11 heteroatoms. The second-order valence-electron chi connectivity index (χ2n) is 8.06. The maximum absolute atomic E-state index is 14.5. The summed E-state index contributed by atoms with van der Waals surface area (Å²) >= 11 is 0. The molecule has 0 saturated carbocycles. The van der Waals surface area contributed by atoms with E-state index in [0.717, 1.165) is 0 Å². The number of aromatic nitrogens is 3. The first-order valence-corrected chi connectivity index (χ1v) is 9.72. The molecule has 0 radical (unpaired) electrons. The molecule has 4 rings (SSSR count). The van der Waals surface area contributed by atoms with Gasteiger partial charge in [0, 0.05) is 12.7 Å². The van der Waals surface area contributed by atoms with Gasteiger partial charge in [0.15, 0.2) is 23.5 Å². The molecule has 2 fully saturated rings. The Morgan fingerprint density at radius 2 is 2.06 bits per heavy atom. The molecule has 2 aliphatic heterocycles. The van der Waals surface area contributed by atoms with Crippen LogP contribution in [-0.4, -0.2) is 70.0 Å². The first-order chi connectivity index (χ1) is 14.6. The number of rotatable bonds is 4. The van der Waals surface area contributed by atoms with E-state index in [1.807, 2.05) is 0 Å². The van der Waals surface area contributed by atoms with E-state index in [9.17, 15) is 18.7 Å². The van der Waals surface area contributed by atoms with Crippen molar-refractivity contribution in [1.29, 1.82) is 0 Å². The lowest BCUT2D eigenvalue weighted by Gasteiger charge is -2.50. The van der Waals surface area contributed by atoms with Crippen LogP contribution >= 0.6 is 0 Å². The number of hydrogen-bond acceptors (Lipinski definition) is 7. The van der Waals surface area contributed by atoms with Crippen molar-refractivity contribution in [3.8, 4) is 11.3 Å². The molecule has 2 saturated heterocycles. The predicted molar refractivity (Wildman–Crippen MR) is 101 cm³/mol. The Hall–Kier alpha value is -2.47. The average Bonchev–Trinajstić information content (AvgIpc) is 3.19. The van der Waals surface area contributed by atoms with Crippen LogP contribution in [0.4, 0.5) is 8.78 Å². The highest BCUT2D eigenvalue weighted by atomic mass is 19.2. The quantitative estimate of drug-likeness (QED) is 0.772. The lowest BCUT2D eigenvalue weighted by Crippen LogP contribution is -2.64. The predicted octanol–water partition coefficient (Wildman–Crippen LogP) is 2.09. The summed E-state index contributed by atoms with van der Waals surface area (Å²) in [4.78, 5) is 11.8. The molecule has 0 aliphatic carbocycles. The first kappa shape index (κ1) is 21.8. The highest BCUT2D eigenvalue weighted by Gasteiger charge is 2.54. The molecule has 0 spiro atoms. The van der Waals surface area contributed by atoms with Crippen molar-refractivity contribution < 1.29 is 37.6 Å². The van der Waals surface area contributed by atoms with Gasteiger partial charge in [0.05, 0.1) is 12.8 Å². The number of aryl methyl sites for hydroxylation is 1. The van der Waals surface area contributed by atoms with Crippen LogP contribution < -0.4 is 0 Å². The van der Waals surface area contributed by atoms with Crippen LogP contribution in [0.25, 0.3) is 11.3 Å². The van der Waals surface area contributed by atoms with Crippen LogP contribution in [0.3, 0.4) is 0 Å². The number of benzene rings is 1. The van der Waals surface area contributed by atoms with Gasteiger partial charge in [-0.15, -0.1) is 5.10 Å². The number of carboxylic acid groups (broad SMARTS) is 1. The molecule has 2 aliphatic rings. The van der Waals surface area contributed by atoms with Gasteiger partial charge in [-0.05, 0) is 32.4 Å². The Morgan fingerprint density at radius 1 is 1.32 bits per heavy atom. The summed E-state index contributed by atoms with van der Waals surface area (Å²) in [6.45, 7) is 5.01. The van der Waals surface area contributed by atoms with E-state index in [1.54, 1.807) is 13.8 Å². The van der Waals surface area contributed by atoms with Gasteiger partial charge in [-0.1, -0.05) is 11.3 Å². The Labute approximate surface area is 176 Å². The lowest BCUT2D eigenvalue weighted by atomic mass is 9.91. The SMILES string of the molecule is CO[C@@H]1[C@@H](n2cc(-c3ccc(C)c(F)c3F)nn2)[C@H]2OC(C)(C)OC[C@H]2O[C@H]1C(=O)O. The van der Waals surface area contributed by atoms with Gasteiger partial charge in [-0.3, -0.25) is 0 Å². The summed E-state index contributed by atoms with van der Waals surface area (Å²) in [7, 11) is 1.36. The highest BCUT2D eigenvalue weighted by molar-refractivity contribution is 5.73. The third-order valence-electron chi connectivity index (χ3n) is 5.56. The first-order valence-electron chi connectivity index (χ1n) is 9.72. The van der Waals surface area contributed by atoms with E-state index in [4.69, 9.17) is 18.9 Å². The van der Waals surface area contributed by atoms with E-state index in [1.165, 1.54) is 37.0 Å². The maximum Gasteiger partial charge on any atom is 0.335 e. The molecule has 0 amide bonds. The van der Waals surface area contributed by atoms with Crippen molar-refractivity contribution in [2.24, 2.45) is 0 Å². The average molecular weight is 439 g/mol. The van der Waals surface area contributed by atoms with Crippen LogP contribution in [0.15, 0.2) is 18.3 Å². The number of methoxy groups -OCH3 is 1. The maximum atomic E-state index is 14.5. The van der Waals surface area contributed by atoms with Crippen molar-refractivity contribution in [1.82, 2.24) is 15.0 Å². The number of ether oxygens (including phenoxy) is 4. The van der Waals surface area contributed by atoms with Gasteiger partial charge >= 0.3 is 5.97 Å². The second kappa shape index (κ2) is 7.90. The van der Waals surface area contributed by atoms with E-state index in [0.29, 0.717) is 0 Å². The molecule has 3 heterocycles. The molecule has 9 nitrogen and oxygen atoms in total. The topological polar surface area (TPSA) is 105 Å². The molecular weight excluding hydrogens is 416 g/mol. The summed E-state index contributed by atoms with van der Waals surface area (Å²) in [5.74, 6) is -4.17. The molecule has 1 aromatic carbocycles. The minimum absolute atomic E-state index is 0.0602. The standard InChI is InChI=1S/C20H23F2N3O6/c1-9-5-6-10(14(22)13(9)21)11-7-25(24-23-11)15-16-12(8-29-20(2,3)31-16)30-18(19(26)27)17(15)28-4/h5-7,12,15-18H,8H2,1-4H3,(H,26,27)/t12-,15+,16+,17-,18-/m1/s1. The second-order valence-corrected chi connectivity index (χ2v) is 8.06. The Balaban J connectivity index is 1.76. The molecular formula is C20H23F2N3O6. The number of halogens is 2. The molecule has 1 aromatic heterocycles. The number of fused-ring (bicyclic) bond motifs is 1. The monoisotopic (exact) mass is 439 g/mol. The van der Waals surface area contributed by atoms with Gasteiger partial charge in [0.25, 0.3) is 0 Å². The minimum Gasteiger partial charge on any atom is -0.479 e. The fourth-order valence-corrected chi connectivity index (χ4v) is 4.01. The Morgan fingerprint density at radius 3 is 2.74 bits per heavy atom. The fraction of sp³-hybridized carbons (Fsp3) is 0.550. The Bertz CT molecular complexity index is 997. The number of hydrogen-bond donors (Lipinski definition) is 1. The third kappa shape index (κ3) is 3.82. The van der Waals surface area contributed by atoms with Crippen LogP contribution in [0.5, 0.6) is 0 Å². The van der Waals surface area contributed by atoms with Crippen LogP contribution in [-0.2, 0) is 23.7 Å². The van der Waals surface area contributed by atoms with E-state index < -0.39 is 53.8 Å². The van der Waals surface area contributed by atoms with Gasteiger partial charge < -0.3 is 24.1 Å². The summed E-state index contributed by atoms with van der Waals surface area (Å²) in [6.07, 6.45) is -2.27. The van der Waals surface area contributed by atoms with Gasteiger partial charge in [-0.2, -0.15) is 0 Å². The number of aliphatic carboxylic acids is 1. The molecule has 0 unspecified atom stereocenters. The zero-order valence-electron chi connectivity index (χ0n) is 17.4. The zero-order chi connectivity index (χ0) is 22.5. The van der Waals surface area contributed by atoms with Crippen LogP contribution in [0, 0.1) is 18.6 Å². The third-order valence-corrected chi connectivity index (χ3v) is 5.56. The summed E-state index contributed by atoms with van der Waals surface area (Å²) in [5, 5.41) is 17.7. The van der Waals surface area contributed by atoms with Crippen molar-refractivity contribution in [2.45, 2.75) is 57.0 Å². The van der Waals surface area contributed by atoms with Gasteiger partial charge in [0.1, 0.15) is 30.0 Å². The molecule has 168 valence electrons.